The van der Waals surface area contributed by atoms with Crippen molar-refractivity contribution in [1.29, 1.82) is 0 Å². The maximum absolute atomic E-state index is 15.4. The summed E-state index contributed by atoms with van der Waals surface area (Å²) >= 11 is 0. The lowest BCUT2D eigenvalue weighted by molar-refractivity contribution is -0.144. The Balaban J connectivity index is 0.000000178. The lowest BCUT2D eigenvalue weighted by Crippen LogP contribution is -2.37. The van der Waals surface area contributed by atoms with Gasteiger partial charge in [0, 0.05) is 42.3 Å². The van der Waals surface area contributed by atoms with Gasteiger partial charge in [0.05, 0.1) is 54.4 Å². The summed E-state index contributed by atoms with van der Waals surface area (Å²) in [6.45, 7) is 0. The van der Waals surface area contributed by atoms with E-state index in [1.807, 2.05) is 21.3 Å². The number of carbonyl (C=O) groups excluding carboxylic acids is 1. The molecule has 2 atom stereocenters. The molecule has 2 unspecified atom stereocenters. The van der Waals surface area contributed by atoms with E-state index in [0.717, 1.165) is 22.5 Å². The number of carboxylic acids is 1. The summed E-state index contributed by atoms with van der Waals surface area (Å²) in [7, 11) is 3.49. The lowest BCUT2D eigenvalue weighted by Gasteiger charge is -2.35. The van der Waals surface area contributed by atoms with E-state index in [-0.39, 0.29) is 55.8 Å². The van der Waals surface area contributed by atoms with Crippen LogP contribution in [-0.4, -0.2) is 66.4 Å². The Kier molecular flexibility index (Phi) is 10.9. The largest absolute Gasteiger partial charge is 0.481 e. The lowest BCUT2D eigenvalue weighted by atomic mass is 9.76. The molecule has 0 radical (unpaired) electrons. The summed E-state index contributed by atoms with van der Waals surface area (Å²) in [5, 5.41) is 9.06. The van der Waals surface area contributed by atoms with Gasteiger partial charge in [-0.3, -0.25) is 9.59 Å². The van der Waals surface area contributed by atoms with Gasteiger partial charge >= 0.3 is 5.97 Å². The summed E-state index contributed by atoms with van der Waals surface area (Å²) in [6.07, 6.45) is 11.7. The van der Waals surface area contributed by atoms with Crippen LogP contribution in [0.15, 0.2) is 61.4 Å². The Morgan fingerprint density at radius 2 is 1.17 bits per heavy atom. The number of aromatic nitrogens is 4. The Morgan fingerprint density at radius 1 is 0.755 bits per heavy atom. The fourth-order valence-electron chi connectivity index (χ4n) is 8.99. The van der Waals surface area contributed by atoms with E-state index in [1.54, 1.807) is 56.2 Å². The molecular formula is C41H49F4N5O3. The van der Waals surface area contributed by atoms with Crippen molar-refractivity contribution in [2.24, 2.45) is 11.8 Å². The molecule has 4 heterocycles. The molecule has 8 rings (SSSR count). The van der Waals surface area contributed by atoms with Crippen molar-refractivity contribution in [1.82, 2.24) is 24.0 Å². The molecule has 2 aromatic carbocycles. The third kappa shape index (κ3) is 7.38. The molecule has 0 bridgehead atoms. The van der Waals surface area contributed by atoms with Gasteiger partial charge in [0.25, 0.3) is 0 Å². The minimum absolute atomic E-state index is 0. The first-order valence-electron chi connectivity index (χ1n) is 18.3. The van der Waals surface area contributed by atoms with Crippen molar-refractivity contribution in [2.75, 3.05) is 14.1 Å². The van der Waals surface area contributed by atoms with Crippen LogP contribution < -0.4 is 0 Å². The van der Waals surface area contributed by atoms with E-state index in [0.29, 0.717) is 75.3 Å². The van der Waals surface area contributed by atoms with Crippen LogP contribution in [0.3, 0.4) is 0 Å². The molecule has 2 aromatic heterocycles. The normalized spacial score (nSPS) is 26.6. The van der Waals surface area contributed by atoms with Crippen molar-refractivity contribution in [2.45, 2.75) is 108 Å². The first-order chi connectivity index (χ1) is 24.9. The Morgan fingerprint density at radius 3 is 1.57 bits per heavy atom. The topological polar surface area (TPSA) is 93.2 Å². The first-order valence-corrected chi connectivity index (χ1v) is 18.3. The molecule has 0 spiro atoms. The molecule has 53 heavy (non-hydrogen) atoms. The Bertz CT molecular complexity index is 1940. The SMILES string of the molecule is C.CN(C)C(=O)C1CCC(F)(CCC2c3c(F)cccc3-c3cncn32)CC1.O=C(O)C1CCC(F)(CCC2c3c(F)cccc3-c3cncn32)CC1. The highest BCUT2D eigenvalue weighted by atomic mass is 19.2. The van der Waals surface area contributed by atoms with Crippen LogP contribution in [0.1, 0.15) is 108 Å². The van der Waals surface area contributed by atoms with Gasteiger partial charge in [0.1, 0.15) is 23.0 Å². The van der Waals surface area contributed by atoms with E-state index in [2.05, 4.69) is 9.97 Å². The average molecular weight is 736 g/mol. The number of benzene rings is 2. The van der Waals surface area contributed by atoms with Crippen LogP contribution in [0.2, 0.25) is 0 Å². The number of alkyl halides is 2. The molecule has 1 amide bonds. The number of nitrogens with zero attached hydrogens (tertiary/aromatic N) is 5. The monoisotopic (exact) mass is 735 g/mol. The maximum atomic E-state index is 15.4. The predicted octanol–water partition coefficient (Wildman–Crippen LogP) is 9.35. The number of carboxylic acid groups (broad SMARTS) is 1. The number of rotatable bonds is 8. The number of hydrogen-bond acceptors (Lipinski definition) is 4. The van der Waals surface area contributed by atoms with Gasteiger partial charge < -0.3 is 19.1 Å². The van der Waals surface area contributed by atoms with E-state index >= 15 is 8.78 Å². The Labute approximate surface area is 308 Å². The number of imidazole rings is 2. The standard InChI is InChI=1S/C21H25F2N3O.C19H20F2N2O2.CH4/c1-25(2)20(27)14-6-9-21(23,10-7-14)11-8-17-19-15(4-3-5-16(19)22)18-12-24-13-26(17)18;20-14-3-1-2-13-16-10-22-11-23(16)15(17(13)14)6-9-19(21)7-4-12(5-8-19)18(24)25;/h3-5,12-14,17H,6-11H2,1-2H3;1-3,10-12,15H,4-9H2,(H,24,25);1H4. The predicted molar refractivity (Wildman–Crippen MR) is 195 cm³/mol. The second-order valence-corrected chi connectivity index (χ2v) is 15.3. The second kappa shape index (κ2) is 15.1. The second-order valence-electron chi connectivity index (χ2n) is 15.3. The molecule has 284 valence electrons. The number of amides is 1. The summed E-state index contributed by atoms with van der Waals surface area (Å²) in [5.41, 5.74) is 2.05. The van der Waals surface area contributed by atoms with Gasteiger partial charge in [-0.2, -0.15) is 0 Å². The number of hydrogen-bond donors (Lipinski definition) is 1. The van der Waals surface area contributed by atoms with E-state index < -0.39 is 23.2 Å². The molecule has 2 aliphatic heterocycles. The van der Waals surface area contributed by atoms with Gasteiger partial charge in [0.2, 0.25) is 5.91 Å². The Hall–Kier alpha value is -4.48. The highest BCUT2D eigenvalue weighted by Gasteiger charge is 2.41. The average Bonchev–Trinajstić information content (AvgIpc) is 3.91. The quantitative estimate of drug-likeness (QED) is 0.182. The van der Waals surface area contributed by atoms with Crippen molar-refractivity contribution >= 4 is 11.9 Å². The van der Waals surface area contributed by atoms with Crippen molar-refractivity contribution in [3.8, 4) is 22.5 Å². The maximum Gasteiger partial charge on any atom is 0.306 e. The number of halogens is 4. The number of aliphatic carboxylic acids is 1. The zero-order valence-corrected chi connectivity index (χ0v) is 29.6. The smallest absolute Gasteiger partial charge is 0.306 e. The van der Waals surface area contributed by atoms with Crippen molar-refractivity contribution < 1.29 is 32.3 Å². The third-order valence-electron chi connectivity index (χ3n) is 12.0. The summed E-state index contributed by atoms with van der Waals surface area (Å²) < 4.78 is 63.3. The van der Waals surface area contributed by atoms with Crippen LogP contribution in [0, 0.1) is 23.5 Å². The fourth-order valence-corrected chi connectivity index (χ4v) is 8.99. The molecule has 4 aliphatic rings. The third-order valence-corrected chi connectivity index (χ3v) is 12.0. The fraction of sp³-hybridized carbons (Fsp3) is 0.512. The molecule has 0 saturated heterocycles. The van der Waals surface area contributed by atoms with Crippen LogP contribution in [0.25, 0.3) is 22.5 Å². The summed E-state index contributed by atoms with van der Waals surface area (Å²) in [4.78, 5) is 33.1. The van der Waals surface area contributed by atoms with Crippen molar-refractivity contribution in [3.05, 3.63) is 84.2 Å². The minimum Gasteiger partial charge on any atom is -0.481 e. The zero-order valence-electron chi connectivity index (χ0n) is 29.6. The van der Waals surface area contributed by atoms with E-state index in [1.165, 1.54) is 12.1 Å². The van der Waals surface area contributed by atoms with Gasteiger partial charge in [-0.05, 0) is 89.2 Å². The van der Waals surface area contributed by atoms with Crippen LogP contribution in [0.4, 0.5) is 17.6 Å². The first kappa shape index (κ1) is 38.3. The van der Waals surface area contributed by atoms with Crippen LogP contribution >= 0.6 is 0 Å². The number of fused-ring (bicyclic) bond motifs is 6. The van der Waals surface area contributed by atoms with E-state index in [9.17, 15) is 18.4 Å². The molecular weight excluding hydrogens is 686 g/mol. The van der Waals surface area contributed by atoms with Gasteiger partial charge in [0.15, 0.2) is 0 Å². The number of carbonyl (C=O) groups is 2. The van der Waals surface area contributed by atoms with Crippen molar-refractivity contribution in [3.63, 3.8) is 0 Å². The van der Waals surface area contributed by atoms with Crippen LogP contribution in [-0.2, 0) is 9.59 Å². The summed E-state index contributed by atoms with van der Waals surface area (Å²) in [5.74, 6) is -1.77. The molecule has 4 aromatic rings. The van der Waals surface area contributed by atoms with Gasteiger partial charge in [-0.1, -0.05) is 31.7 Å². The van der Waals surface area contributed by atoms with Gasteiger partial charge in [-0.15, -0.1) is 0 Å². The van der Waals surface area contributed by atoms with E-state index in [4.69, 9.17) is 5.11 Å². The molecule has 2 aliphatic carbocycles. The molecule has 12 heteroatoms. The zero-order chi connectivity index (χ0) is 36.8. The molecule has 2 fully saturated rings. The minimum atomic E-state index is -1.36. The molecule has 8 nitrogen and oxygen atoms in total. The summed E-state index contributed by atoms with van der Waals surface area (Å²) in [6, 6.07) is 9.59. The highest BCUT2D eigenvalue weighted by Crippen LogP contribution is 2.48. The van der Waals surface area contributed by atoms with Gasteiger partial charge in [-0.25, -0.2) is 27.5 Å². The molecule has 2 saturated carbocycles. The molecule has 1 N–H and O–H groups in total. The van der Waals surface area contributed by atoms with Crippen LogP contribution in [0.5, 0.6) is 0 Å². The highest BCUT2D eigenvalue weighted by molar-refractivity contribution is 5.78.